The Balaban J connectivity index is 2.23. The van der Waals surface area contributed by atoms with Crippen molar-refractivity contribution in [3.8, 4) is 34.2 Å². The SMILES string of the molecule is O=[N+]([O-])c1c(O)c(O)cc(-n2cc(-c3ccc(F)c(O)c3)nn2)c1C(F)(F)F. The quantitative estimate of drug-likeness (QED) is 0.266. The first-order valence-corrected chi connectivity index (χ1v) is 7.22. The fourth-order valence-electron chi connectivity index (χ4n) is 2.45. The molecule has 0 bridgehead atoms. The zero-order valence-corrected chi connectivity index (χ0v) is 13.3. The highest BCUT2D eigenvalue weighted by molar-refractivity contribution is 5.68. The third kappa shape index (κ3) is 3.13. The predicted octanol–water partition coefficient (Wildman–Crippen LogP) is 3.12. The standard InChI is InChI=1S/C15H8F4N4O5/c16-7-2-1-6(3-10(7)24)8-5-22(21-20-8)9-4-11(25)14(26)13(23(27)28)12(9)15(17,18)19/h1-5,24-26H. The molecule has 3 N–H and O–H groups in total. The number of nitro groups is 1. The second kappa shape index (κ2) is 6.37. The Hall–Kier alpha value is -3.90. The molecule has 0 spiro atoms. The highest BCUT2D eigenvalue weighted by atomic mass is 19.4. The average Bonchev–Trinajstić information content (AvgIpc) is 3.07. The van der Waals surface area contributed by atoms with Crippen LogP contribution in [0.2, 0.25) is 0 Å². The lowest BCUT2D eigenvalue weighted by molar-refractivity contribution is -0.389. The fourth-order valence-corrected chi connectivity index (χ4v) is 2.45. The van der Waals surface area contributed by atoms with E-state index < -0.39 is 51.1 Å². The van der Waals surface area contributed by atoms with Gasteiger partial charge in [-0.3, -0.25) is 10.1 Å². The second-order valence-corrected chi connectivity index (χ2v) is 5.46. The van der Waals surface area contributed by atoms with Crippen molar-refractivity contribution in [2.75, 3.05) is 0 Å². The molecule has 0 amide bonds. The first-order valence-electron chi connectivity index (χ1n) is 7.22. The van der Waals surface area contributed by atoms with E-state index in [1.807, 2.05) is 0 Å². The van der Waals surface area contributed by atoms with Crippen LogP contribution in [0.15, 0.2) is 30.5 Å². The molecule has 2 aromatic carbocycles. The van der Waals surface area contributed by atoms with E-state index >= 15 is 0 Å². The minimum absolute atomic E-state index is 0.0937. The Morgan fingerprint density at radius 2 is 1.79 bits per heavy atom. The van der Waals surface area contributed by atoms with Gasteiger partial charge < -0.3 is 15.3 Å². The number of nitro benzene ring substituents is 1. The van der Waals surface area contributed by atoms with Crippen LogP contribution < -0.4 is 0 Å². The van der Waals surface area contributed by atoms with Gasteiger partial charge >= 0.3 is 11.9 Å². The summed E-state index contributed by atoms with van der Waals surface area (Å²) in [5, 5.41) is 46.6. The van der Waals surface area contributed by atoms with Crippen LogP contribution in [0.4, 0.5) is 23.2 Å². The molecule has 0 aliphatic heterocycles. The number of aromatic hydroxyl groups is 3. The van der Waals surface area contributed by atoms with Crippen LogP contribution >= 0.6 is 0 Å². The Morgan fingerprint density at radius 1 is 1.11 bits per heavy atom. The zero-order chi connectivity index (χ0) is 20.8. The first kappa shape index (κ1) is 18.9. The minimum Gasteiger partial charge on any atom is -0.505 e. The van der Waals surface area contributed by atoms with Crippen LogP contribution in [0.25, 0.3) is 16.9 Å². The monoisotopic (exact) mass is 400 g/mol. The molecule has 0 saturated carbocycles. The van der Waals surface area contributed by atoms with E-state index in [2.05, 4.69) is 10.3 Å². The van der Waals surface area contributed by atoms with Crippen LogP contribution in [0.3, 0.4) is 0 Å². The minimum atomic E-state index is -5.29. The van der Waals surface area contributed by atoms with Crippen molar-refractivity contribution in [3.05, 3.63) is 52.0 Å². The summed E-state index contributed by atoms with van der Waals surface area (Å²) in [6.45, 7) is 0. The maximum Gasteiger partial charge on any atom is 0.425 e. The maximum atomic E-state index is 13.5. The van der Waals surface area contributed by atoms with E-state index in [9.17, 15) is 43.0 Å². The number of phenols is 3. The Labute approximate surface area is 151 Å². The van der Waals surface area contributed by atoms with E-state index in [1.165, 1.54) is 6.07 Å². The third-order valence-corrected chi connectivity index (χ3v) is 3.68. The summed E-state index contributed by atoms with van der Waals surface area (Å²) in [6, 6.07) is 3.45. The van der Waals surface area contributed by atoms with Gasteiger partial charge in [-0.15, -0.1) is 5.10 Å². The molecule has 0 atom stereocenters. The molecule has 1 aromatic heterocycles. The van der Waals surface area contributed by atoms with Gasteiger partial charge in [0.05, 0.1) is 16.8 Å². The van der Waals surface area contributed by atoms with Crippen molar-refractivity contribution in [2.45, 2.75) is 6.18 Å². The van der Waals surface area contributed by atoms with Crippen LogP contribution in [-0.2, 0) is 6.18 Å². The van der Waals surface area contributed by atoms with E-state index in [0.29, 0.717) is 10.7 Å². The maximum absolute atomic E-state index is 13.5. The topological polar surface area (TPSA) is 135 Å². The van der Waals surface area contributed by atoms with Gasteiger partial charge in [-0.05, 0) is 18.2 Å². The lowest BCUT2D eigenvalue weighted by Crippen LogP contribution is -2.14. The number of phenolic OH excluding ortho intramolecular Hbond substituents is 3. The largest absolute Gasteiger partial charge is 0.505 e. The number of nitrogens with zero attached hydrogens (tertiary/aromatic N) is 4. The van der Waals surface area contributed by atoms with E-state index in [4.69, 9.17) is 0 Å². The highest BCUT2D eigenvalue weighted by Gasteiger charge is 2.45. The lowest BCUT2D eigenvalue weighted by Gasteiger charge is -2.14. The molecule has 1 heterocycles. The molecular weight excluding hydrogens is 392 g/mol. The molecule has 0 radical (unpaired) electrons. The van der Waals surface area contributed by atoms with Crippen LogP contribution in [-0.4, -0.2) is 35.2 Å². The van der Waals surface area contributed by atoms with Gasteiger partial charge in [0.15, 0.2) is 22.9 Å². The molecule has 146 valence electrons. The number of benzene rings is 2. The molecule has 0 fully saturated rings. The molecule has 3 aromatic rings. The van der Waals surface area contributed by atoms with Crippen LogP contribution in [0, 0.1) is 15.9 Å². The molecule has 3 rings (SSSR count). The summed E-state index contributed by atoms with van der Waals surface area (Å²) >= 11 is 0. The van der Waals surface area contributed by atoms with E-state index in [-0.39, 0.29) is 11.3 Å². The number of rotatable bonds is 3. The molecule has 0 saturated heterocycles. The highest BCUT2D eigenvalue weighted by Crippen LogP contribution is 2.48. The summed E-state index contributed by atoms with van der Waals surface area (Å²) in [7, 11) is 0. The van der Waals surface area contributed by atoms with Crippen LogP contribution in [0.1, 0.15) is 5.56 Å². The van der Waals surface area contributed by atoms with Gasteiger partial charge in [0.2, 0.25) is 5.75 Å². The van der Waals surface area contributed by atoms with Crippen molar-refractivity contribution in [1.82, 2.24) is 15.0 Å². The summed E-state index contributed by atoms with van der Waals surface area (Å²) in [6.07, 6.45) is -4.37. The van der Waals surface area contributed by atoms with Crippen molar-refractivity contribution >= 4 is 5.69 Å². The van der Waals surface area contributed by atoms with E-state index in [1.54, 1.807) is 0 Å². The van der Waals surface area contributed by atoms with Crippen LogP contribution in [0.5, 0.6) is 17.2 Å². The number of halogens is 4. The molecule has 28 heavy (non-hydrogen) atoms. The van der Waals surface area contributed by atoms with Crippen molar-refractivity contribution in [3.63, 3.8) is 0 Å². The van der Waals surface area contributed by atoms with Gasteiger partial charge in [0, 0.05) is 11.6 Å². The van der Waals surface area contributed by atoms with Gasteiger partial charge in [-0.25, -0.2) is 9.07 Å². The molecular formula is C15H8F4N4O5. The number of hydrogen-bond donors (Lipinski definition) is 3. The summed E-state index contributed by atoms with van der Waals surface area (Å²) in [5.74, 6) is -4.40. The number of alkyl halides is 3. The molecule has 0 aliphatic carbocycles. The average molecular weight is 400 g/mol. The van der Waals surface area contributed by atoms with Crippen molar-refractivity contribution < 1.29 is 37.8 Å². The Morgan fingerprint density at radius 3 is 2.36 bits per heavy atom. The van der Waals surface area contributed by atoms with E-state index in [0.717, 1.165) is 18.3 Å². The number of aromatic nitrogens is 3. The lowest BCUT2D eigenvalue weighted by atomic mass is 10.1. The zero-order valence-electron chi connectivity index (χ0n) is 13.3. The third-order valence-electron chi connectivity index (χ3n) is 3.68. The molecule has 9 nitrogen and oxygen atoms in total. The molecule has 0 unspecified atom stereocenters. The number of hydrogen-bond acceptors (Lipinski definition) is 7. The van der Waals surface area contributed by atoms with Crippen molar-refractivity contribution in [2.24, 2.45) is 0 Å². The van der Waals surface area contributed by atoms with Gasteiger partial charge in [-0.1, -0.05) is 5.21 Å². The van der Waals surface area contributed by atoms with Gasteiger partial charge in [-0.2, -0.15) is 13.2 Å². The molecule has 13 heteroatoms. The van der Waals surface area contributed by atoms with Crippen molar-refractivity contribution in [1.29, 1.82) is 0 Å². The molecule has 0 aliphatic rings. The smallest absolute Gasteiger partial charge is 0.425 e. The second-order valence-electron chi connectivity index (χ2n) is 5.46. The van der Waals surface area contributed by atoms with Gasteiger partial charge in [0.25, 0.3) is 0 Å². The summed E-state index contributed by atoms with van der Waals surface area (Å²) < 4.78 is 54.0. The van der Waals surface area contributed by atoms with Gasteiger partial charge in [0.1, 0.15) is 5.69 Å². The summed E-state index contributed by atoms with van der Waals surface area (Å²) in [5.41, 5.74) is -4.58. The predicted molar refractivity (Wildman–Crippen MR) is 83.4 cm³/mol. The normalized spacial score (nSPS) is 11.6. The fraction of sp³-hybridized carbons (Fsp3) is 0.0667. The first-order chi connectivity index (χ1) is 13.0. The summed E-state index contributed by atoms with van der Waals surface area (Å²) in [4.78, 5) is 9.56. The Bertz CT molecular complexity index is 1100. The Kier molecular flexibility index (Phi) is 4.29.